The number of allylic oxidation sites excluding steroid dienone is 2. The topological polar surface area (TPSA) is 44.8 Å². The molecule has 2 aliphatic rings. The van der Waals surface area contributed by atoms with Crippen molar-refractivity contribution in [2.45, 2.75) is 135 Å². The Balaban J connectivity index is 2.39. The van der Waals surface area contributed by atoms with Gasteiger partial charge in [-0.3, -0.25) is 0 Å². The molecule has 0 saturated heterocycles. The van der Waals surface area contributed by atoms with E-state index >= 15 is 0 Å². The Labute approximate surface area is 212 Å². The first-order valence-electron chi connectivity index (χ1n) is 13.3. The van der Waals surface area contributed by atoms with Crippen LogP contribution in [0.1, 0.15) is 80.6 Å². The van der Waals surface area contributed by atoms with E-state index in [4.69, 9.17) is 13.6 Å². The number of carbonyl (C=O) groups excluding carboxylic acids is 1. The molecule has 34 heavy (non-hydrogen) atoms. The lowest BCUT2D eigenvalue weighted by molar-refractivity contribution is -0.142. The fourth-order valence-corrected chi connectivity index (χ4v) is 7.06. The smallest absolute Gasteiger partial charge is 0.330 e. The molecule has 4 nitrogen and oxygen atoms in total. The molecule has 6 heteroatoms. The number of esters is 1. The molecule has 2 rings (SSSR count). The maximum absolute atomic E-state index is 12.6. The van der Waals surface area contributed by atoms with Crippen molar-refractivity contribution in [3.63, 3.8) is 0 Å². The van der Waals surface area contributed by atoms with Crippen molar-refractivity contribution in [1.82, 2.24) is 0 Å². The molecule has 0 aromatic heterocycles. The van der Waals surface area contributed by atoms with Crippen molar-refractivity contribution < 1.29 is 18.4 Å². The van der Waals surface area contributed by atoms with E-state index in [1.165, 1.54) is 0 Å². The van der Waals surface area contributed by atoms with Crippen LogP contribution >= 0.6 is 0 Å². The molecule has 0 aromatic rings. The van der Waals surface area contributed by atoms with Crippen LogP contribution in [0.25, 0.3) is 0 Å². The van der Waals surface area contributed by atoms with Crippen molar-refractivity contribution in [2.24, 2.45) is 11.8 Å². The molecule has 1 heterocycles. The lowest BCUT2D eigenvalue weighted by Crippen LogP contribution is -2.46. The van der Waals surface area contributed by atoms with Crippen molar-refractivity contribution >= 4 is 22.6 Å². The van der Waals surface area contributed by atoms with Gasteiger partial charge in [0.25, 0.3) is 0 Å². The molecule has 5 atom stereocenters. The standard InChI is InChI=1S/C28H52O4Si2/c1-21-15-13-12-14-16-22-19-23(31-33(8,9)27(2,3)4)20-24(22)25(17-18-26(29)30-21)32-34(10,11)28(5,6)7/h14,16-18,21-25H,12-13,15,19-20H2,1-11H3/b16-14+,18-17-/t21-,22+,23-,24+,25?/m0/s1. The number of hydrogen-bond acceptors (Lipinski definition) is 4. The quantitative estimate of drug-likeness (QED) is 0.219. The lowest BCUT2D eigenvalue weighted by Gasteiger charge is -2.41. The maximum Gasteiger partial charge on any atom is 0.330 e. The fourth-order valence-electron chi connectivity index (χ4n) is 4.39. The van der Waals surface area contributed by atoms with E-state index in [9.17, 15) is 4.79 Å². The van der Waals surface area contributed by atoms with Crippen LogP contribution in [0.5, 0.6) is 0 Å². The Bertz CT molecular complexity index is 742. The van der Waals surface area contributed by atoms with Gasteiger partial charge in [-0.1, -0.05) is 53.7 Å². The number of carbonyl (C=O) groups is 1. The van der Waals surface area contributed by atoms with Crippen LogP contribution < -0.4 is 0 Å². The third-order valence-electron chi connectivity index (χ3n) is 8.65. The van der Waals surface area contributed by atoms with E-state index in [2.05, 4.69) is 79.9 Å². The highest BCUT2D eigenvalue weighted by molar-refractivity contribution is 6.74. The van der Waals surface area contributed by atoms with Gasteiger partial charge in [-0.05, 0) is 93.2 Å². The molecule has 1 fully saturated rings. The Morgan fingerprint density at radius 2 is 1.50 bits per heavy atom. The zero-order chi connectivity index (χ0) is 25.9. The first-order valence-corrected chi connectivity index (χ1v) is 19.2. The van der Waals surface area contributed by atoms with E-state index < -0.39 is 16.6 Å². The van der Waals surface area contributed by atoms with Gasteiger partial charge in [0.05, 0.1) is 12.2 Å². The molecule has 0 aromatic carbocycles. The zero-order valence-corrected chi connectivity index (χ0v) is 25.9. The normalized spacial score (nSPS) is 32.1. The highest BCUT2D eigenvalue weighted by Crippen LogP contribution is 2.46. The number of fused-ring (bicyclic) bond motifs is 1. The summed E-state index contributed by atoms with van der Waals surface area (Å²) in [5.41, 5.74) is 0. The predicted octanol–water partition coefficient (Wildman–Crippen LogP) is 8.02. The molecule has 0 radical (unpaired) electrons. The van der Waals surface area contributed by atoms with E-state index in [1.807, 2.05) is 13.0 Å². The van der Waals surface area contributed by atoms with Crippen LogP contribution in [0.15, 0.2) is 24.3 Å². The summed E-state index contributed by atoms with van der Waals surface area (Å²) in [6.45, 7) is 25.0. The number of ether oxygens (including phenoxy) is 1. The minimum Gasteiger partial charge on any atom is -0.460 e. The second-order valence-electron chi connectivity index (χ2n) is 13.6. The third kappa shape index (κ3) is 7.90. The molecule has 1 saturated carbocycles. The van der Waals surface area contributed by atoms with Gasteiger partial charge in [-0.2, -0.15) is 0 Å². The van der Waals surface area contributed by atoms with Crippen LogP contribution in [0.3, 0.4) is 0 Å². The van der Waals surface area contributed by atoms with E-state index in [0.717, 1.165) is 32.1 Å². The lowest BCUT2D eigenvalue weighted by atomic mass is 9.90. The average molecular weight is 509 g/mol. The highest BCUT2D eigenvalue weighted by Gasteiger charge is 2.46. The van der Waals surface area contributed by atoms with Gasteiger partial charge in [0.15, 0.2) is 16.6 Å². The summed E-state index contributed by atoms with van der Waals surface area (Å²) in [5, 5.41) is 0.281. The first-order chi connectivity index (χ1) is 15.4. The highest BCUT2D eigenvalue weighted by atomic mass is 28.4. The second kappa shape index (κ2) is 11.1. The molecule has 1 aliphatic heterocycles. The summed E-state index contributed by atoms with van der Waals surface area (Å²) in [5.74, 6) is 0.429. The average Bonchev–Trinajstić information content (AvgIpc) is 3.04. The summed E-state index contributed by atoms with van der Waals surface area (Å²) in [7, 11) is -3.91. The Morgan fingerprint density at radius 1 is 0.912 bits per heavy atom. The van der Waals surface area contributed by atoms with Crippen LogP contribution in [0.2, 0.25) is 36.3 Å². The molecule has 196 valence electrons. The maximum atomic E-state index is 12.6. The van der Waals surface area contributed by atoms with Crippen LogP contribution in [-0.4, -0.2) is 40.9 Å². The van der Waals surface area contributed by atoms with Gasteiger partial charge in [0.1, 0.15) is 0 Å². The predicted molar refractivity (Wildman–Crippen MR) is 148 cm³/mol. The molecule has 1 aliphatic carbocycles. The third-order valence-corrected chi connectivity index (χ3v) is 17.7. The summed E-state index contributed by atoms with van der Waals surface area (Å²) in [6, 6.07) is 0. The zero-order valence-electron chi connectivity index (χ0n) is 23.9. The van der Waals surface area contributed by atoms with Crippen LogP contribution in [0, 0.1) is 11.8 Å². The summed E-state index contributed by atoms with van der Waals surface area (Å²) < 4.78 is 19.5. The summed E-state index contributed by atoms with van der Waals surface area (Å²) >= 11 is 0. The molecule has 0 N–H and O–H groups in total. The molecule has 0 amide bonds. The van der Waals surface area contributed by atoms with Crippen molar-refractivity contribution in [3.05, 3.63) is 24.3 Å². The van der Waals surface area contributed by atoms with Crippen molar-refractivity contribution in [2.75, 3.05) is 0 Å². The van der Waals surface area contributed by atoms with Gasteiger partial charge < -0.3 is 13.6 Å². The van der Waals surface area contributed by atoms with Gasteiger partial charge in [-0.15, -0.1) is 0 Å². The molecular formula is C28H52O4Si2. The minimum absolute atomic E-state index is 0.0621. The van der Waals surface area contributed by atoms with E-state index in [1.54, 1.807) is 6.08 Å². The minimum atomic E-state index is -2.05. The first kappa shape index (κ1) is 29.5. The molecule has 0 spiro atoms. The van der Waals surface area contributed by atoms with Crippen molar-refractivity contribution in [1.29, 1.82) is 0 Å². The number of rotatable bonds is 4. The fraction of sp³-hybridized carbons (Fsp3) is 0.821. The molecular weight excluding hydrogens is 456 g/mol. The summed E-state index contributed by atoms with van der Waals surface area (Å²) in [6.07, 6.45) is 13.4. The summed E-state index contributed by atoms with van der Waals surface area (Å²) in [4.78, 5) is 12.6. The Hall–Kier alpha value is -0.696. The largest absolute Gasteiger partial charge is 0.460 e. The van der Waals surface area contributed by atoms with Gasteiger partial charge in [-0.25, -0.2) is 4.79 Å². The second-order valence-corrected chi connectivity index (χ2v) is 23.1. The molecule has 1 unspecified atom stereocenters. The molecule has 0 bridgehead atoms. The van der Waals surface area contributed by atoms with Crippen LogP contribution in [0.4, 0.5) is 0 Å². The number of hydrogen-bond donors (Lipinski definition) is 0. The van der Waals surface area contributed by atoms with Gasteiger partial charge >= 0.3 is 5.97 Å². The van der Waals surface area contributed by atoms with E-state index in [-0.39, 0.29) is 34.4 Å². The van der Waals surface area contributed by atoms with Crippen LogP contribution in [-0.2, 0) is 18.4 Å². The Kier molecular flexibility index (Phi) is 9.68. The number of cyclic esters (lactones) is 1. The SMILES string of the molecule is C[C@H]1CCC/C=C/[C@@H]2C[C@H](O[Si](C)(C)C(C)(C)C)C[C@H]2C(O[Si](C)(C)C(C)(C)C)/C=C\C(=O)O1. The monoisotopic (exact) mass is 508 g/mol. The van der Waals surface area contributed by atoms with Gasteiger partial charge in [0.2, 0.25) is 0 Å². The van der Waals surface area contributed by atoms with Crippen molar-refractivity contribution in [3.8, 4) is 0 Å². The van der Waals surface area contributed by atoms with Gasteiger partial charge in [0, 0.05) is 12.2 Å². The Morgan fingerprint density at radius 3 is 2.09 bits per heavy atom. The van der Waals surface area contributed by atoms with E-state index in [0.29, 0.717) is 11.8 Å².